The first kappa shape index (κ1) is 16.1. The Balaban J connectivity index is 0.000000282. The van der Waals surface area contributed by atoms with Gasteiger partial charge in [-0.25, -0.2) is 18.4 Å². The Bertz CT molecular complexity index is 526. The second-order valence-electron chi connectivity index (χ2n) is 5.68. The van der Waals surface area contributed by atoms with E-state index in [9.17, 15) is 0 Å². The molecule has 0 aliphatic carbocycles. The molecule has 0 radical (unpaired) electrons. The van der Waals surface area contributed by atoms with Crippen molar-refractivity contribution in [3.05, 3.63) is 18.5 Å². The predicted molar refractivity (Wildman–Crippen MR) is 78.8 cm³/mol. The van der Waals surface area contributed by atoms with Crippen LogP contribution in [-0.4, -0.2) is 72.9 Å². The Labute approximate surface area is 126 Å². The number of rotatable bonds is 1. The minimum atomic E-state index is -3.92. The van der Waals surface area contributed by atoms with Crippen LogP contribution in [0.5, 0.6) is 0 Å². The van der Waals surface area contributed by atoms with Gasteiger partial charge in [0, 0.05) is 31.5 Å². The molecule has 21 heavy (non-hydrogen) atoms. The van der Waals surface area contributed by atoms with Gasteiger partial charge in [-0.2, -0.15) is 0 Å². The summed E-state index contributed by atoms with van der Waals surface area (Å²) in [5.41, 5.74) is 0. The minimum absolute atomic E-state index is 0.604. The van der Waals surface area contributed by atoms with Crippen LogP contribution >= 0.6 is 0 Å². The Hall–Kier alpha value is -1.25. The van der Waals surface area contributed by atoms with Crippen LogP contribution in [0.4, 0.5) is 5.95 Å². The second-order valence-corrected chi connectivity index (χ2v) is 7.09. The number of anilines is 1. The summed E-state index contributed by atoms with van der Waals surface area (Å²) in [6, 6.07) is 1.88. The zero-order valence-corrected chi connectivity index (χ0v) is 13.1. The molecule has 118 valence electrons. The van der Waals surface area contributed by atoms with Gasteiger partial charge in [0.1, 0.15) is 0 Å². The summed E-state index contributed by atoms with van der Waals surface area (Å²) in [5, 5.41) is 0. The number of hydrogen-bond donors (Lipinski definition) is 0. The van der Waals surface area contributed by atoms with E-state index in [0.29, 0.717) is 6.26 Å². The van der Waals surface area contributed by atoms with Gasteiger partial charge in [0.2, 0.25) is 5.95 Å². The number of nitrogens with zero attached hydrogens (tertiary/aromatic N) is 4. The van der Waals surface area contributed by atoms with Crippen LogP contribution in [0, 0.1) is 0 Å². The van der Waals surface area contributed by atoms with Gasteiger partial charge in [0.05, 0.1) is 49.4 Å². The van der Waals surface area contributed by atoms with Crippen LogP contribution in [0.1, 0.15) is 12.8 Å². The lowest BCUT2D eigenvalue weighted by Gasteiger charge is -2.41. The molecule has 8 heteroatoms. The lowest BCUT2D eigenvalue weighted by molar-refractivity contribution is -0.917. The molecule has 3 rings (SSSR count). The van der Waals surface area contributed by atoms with Gasteiger partial charge in [0.15, 0.2) is 0 Å². The fraction of sp³-hybridized carbons (Fsp3) is 0.692. The normalized spacial score (nSPS) is 21.0. The van der Waals surface area contributed by atoms with E-state index in [-0.39, 0.29) is 0 Å². The molecule has 0 aromatic carbocycles. The first-order valence-corrected chi connectivity index (χ1v) is 8.98. The Kier molecular flexibility index (Phi) is 5.13. The van der Waals surface area contributed by atoms with Crippen molar-refractivity contribution in [3.63, 3.8) is 0 Å². The van der Waals surface area contributed by atoms with E-state index in [1.807, 2.05) is 18.5 Å². The third-order valence-corrected chi connectivity index (χ3v) is 4.04. The maximum atomic E-state index is 9.08. The molecular formula is C13H22N4O3S. The molecule has 0 atom stereocenters. The molecule has 2 aliphatic rings. The van der Waals surface area contributed by atoms with Crippen molar-refractivity contribution in [1.82, 2.24) is 9.97 Å². The van der Waals surface area contributed by atoms with Crippen LogP contribution in [0.3, 0.4) is 0 Å². The van der Waals surface area contributed by atoms with Crippen LogP contribution < -0.4 is 4.90 Å². The summed E-state index contributed by atoms with van der Waals surface area (Å²) >= 11 is 0. The standard InChI is InChI=1S/C12H19N4.CH4O3S/c1-2-9-16(8-1)10-6-15(7-11-16)12-13-4-3-5-14-12;1-5(2,3)4/h3-5H,1-2,6-11H2;1H3,(H,2,3,4)/q+1;/p-1. The zero-order chi connectivity index (χ0) is 15.3. The largest absolute Gasteiger partial charge is 0.748 e. The summed E-state index contributed by atoms with van der Waals surface area (Å²) < 4.78 is 28.6. The molecule has 2 aliphatic heterocycles. The van der Waals surface area contributed by atoms with Crippen molar-refractivity contribution >= 4 is 16.1 Å². The quantitative estimate of drug-likeness (QED) is 0.538. The summed E-state index contributed by atoms with van der Waals surface area (Å²) in [4.78, 5) is 11.0. The molecule has 2 fully saturated rings. The van der Waals surface area contributed by atoms with Gasteiger partial charge in [-0.3, -0.25) is 0 Å². The van der Waals surface area contributed by atoms with Crippen LogP contribution in [0.2, 0.25) is 0 Å². The molecule has 0 unspecified atom stereocenters. The second kappa shape index (κ2) is 6.67. The average Bonchev–Trinajstić information content (AvgIpc) is 2.87. The first-order chi connectivity index (χ1) is 9.88. The smallest absolute Gasteiger partial charge is 0.225 e. The third-order valence-electron chi connectivity index (χ3n) is 4.04. The lowest BCUT2D eigenvalue weighted by atomic mass is 10.2. The molecule has 3 heterocycles. The highest BCUT2D eigenvalue weighted by atomic mass is 32.2. The van der Waals surface area contributed by atoms with Crippen molar-refractivity contribution in [1.29, 1.82) is 0 Å². The summed E-state index contributed by atoms with van der Waals surface area (Å²) in [6.45, 7) is 7.57. The van der Waals surface area contributed by atoms with E-state index in [1.54, 1.807) is 0 Å². The number of hydrogen-bond acceptors (Lipinski definition) is 6. The average molecular weight is 314 g/mol. The van der Waals surface area contributed by atoms with E-state index in [4.69, 9.17) is 13.0 Å². The SMILES string of the molecule is CS(=O)(=O)[O-].c1cnc(N2CC[N+]3(CCCC3)CC2)nc1. The molecule has 0 bridgehead atoms. The first-order valence-electron chi connectivity index (χ1n) is 7.16. The van der Waals surface area contributed by atoms with E-state index >= 15 is 0 Å². The highest BCUT2D eigenvalue weighted by Crippen LogP contribution is 2.23. The maximum Gasteiger partial charge on any atom is 0.225 e. The third kappa shape index (κ3) is 5.22. The number of aromatic nitrogens is 2. The Morgan fingerprint density at radius 1 is 1.10 bits per heavy atom. The highest BCUT2D eigenvalue weighted by molar-refractivity contribution is 7.84. The predicted octanol–water partition coefficient (Wildman–Crippen LogP) is 0.0686. The van der Waals surface area contributed by atoms with Gasteiger partial charge in [-0.15, -0.1) is 0 Å². The molecule has 0 N–H and O–H groups in total. The molecule has 2 saturated heterocycles. The topological polar surface area (TPSA) is 86.2 Å². The minimum Gasteiger partial charge on any atom is -0.748 e. The van der Waals surface area contributed by atoms with E-state index in [2.05, 4.69) is 14.9 Å². The van der Waals surface area contributed by atoms with Gasteiger partial charge < -0.3 is 13.9 Å². The van der Waals surface area contributed by atoms with Crippen molar-refractivity contribution in [2.24, 2.45) is 0 Å². The van der Waals surface area contributed by atoms with Gasteiger partial charge in [-0.1, -0.05) is 0 Å². The summed E-state index contributed by atoms with van der Waals surface area (Å²) in [7, 11) is -3.92. The monoisotopic (exact) mass is 314 g/mol. The number of quaternary nitrogens is 1. The fourth-order valence-corrected chi connectivity index (χ4v) is 3.00. The summed E-state index contributed by atoms with van der Waals surface area (Å²) in [6.07, 6.45) is 7.10. The van der Waals surface area contributed by atoms with Gasteiger partial charge >= 0.3 is 0 Å². The van der Waals surface area contributed by atoms with Crippen molar-refractivity contribution in [2.45, 2.75) is 12.8 Å². The Morgan fingerprint density at radius 3 is 2.05 bits per heavy atom. The molecule has 1 spiro atoms. The molecule has 7 nitrogen and oxygen atoms in total. The maximum absolute atomic E-state index is 9.08. The highest BCUT2D eigenvalue weighted by Gasteiger charge is 2.36. The molecule has 1 aromatic heterocycles. The van der Waals surface area contributed by atoms with E-state index in [0.717, 1.165) is 19.0 Å². The fourth-order valence-electron chi connectivity index (χ4n) is 3.00. The van der Waals surface area contributed by atoms with Gasteiger partial charge in [0.25, 0.3) is 0 Å². The summed E-state index contributed by atoms with van der Waals surface area (Å²) in [5.74, 6) is 0.902. The molecular weight excluding hydrogens is 292 g/mol. The van der Waals surface area contributed by atoms with Crippen molar-refractivity contribution in [3.8, 4) is 0 Å². The van der Waals surface area contributed by atoms with Crippen LogP contribution in [-0.2, 0) is 10.1 Å². The molecule has 0 saturated carbocycles. The molecule has 0 amide bonds. The Morgan fingerprint density at radius 2 is 1.57 bits per heavy atom. The number of piperazine rings is 1. The van der Waals surface area contributed by atoms with E-state index in [1.165, 1.54) is 43.5 Å². The molecule has 1 aromatic rings. The zero-order valence-electron chi connectivity index (χ0n) is 12.3. The van der Waals surface area contributed by atoms with Crippen LogP contribution in [0.25, 0.3) is 0 Å². The lowest BCUT2D eigenvalue weighted by Crippen LogP contribution is -2.58. The van der Waals surface area contributed by atoms with Crippen LogP contribution in [0.15, 0.2) is 18.5 Å². The van der Waals surface area contributed by atoms with Gasteiger partial charge in [-0.05, 0) is 6.07 Å². The van der Waals surface area contributed by atoms with Crippen molar-refractivity contribution < 1.29 is 17.5 Å². The van der Waals surface area contributed by atoms with E-state index < -0.39 is 10.1 Å². The van der Waals surface area contributed by atoms with Crippen molar-refractivity contribution in [2.75, 3.05) is 50.4 Å².